The van der Waals surface area contributed by atoms with E-state index < -0.39 is 0 Å². The molecule has 8 aromatic carbocycles. The number of fused-ring (bicyclic) bond motifs is 9. The molecular formula is C58H37N3O2S. The van der Waals surface area contributed by atoms with Gasteiger partial charge in [0, 0.05) is 47.5 Å². The van der Waals surface area contributed by atoms with Crippen LogP contribution in [0.4, 0.5) is 0 Å². The Morgan fingerprint density at radius 1 is 0.562 bits per heavy atom. The summed E-state index contributed by atoms with van der Waals surface area (Å²) in [6.45, 7) is 6.59. The van der Waals surface area contributed by atoms with Crippen molar-refractivity contribution in [3.05, 3.63) is 217 Å². The van der Waals surface area contributed by atoms with Gasteiger partial charge in [-0.3, -0.25) is 0 Å². The minimum Gasteiger partial charge on any atom is -0.455 e. The number of nitrogens with zero attached hydrogens (tertiary/aromatic N) is 3. The van der Waals surface area contributed by atoms with Gasteiger partial charge in [0.25, 0.3) is 0 Å². The molecule has 302 valence electrons. The smallest absolute Gasteiger partial charge is 0.180 e. The average Bonchev–Trinajstić information content (AvgIpc) is 4.05. The van der Waals surface area contributed by atoms with Gasteiger partial charge in [-0.2, -0.15) is 0 Å². The van der Waals surface area contributed by atoms with Crippen LogP contribution in [0.1, 0.15) is 23.6 Å². The Kier molecular flexibility index (Phi) is 8.99. The molecule has 0 saturated carbocycles. The number of hydrogen-bond acceptors (Lipinski definition) is 6. The summed E-state index contributed by atoms with van der Waals surface area (Å²) in [6, 6.07) is 64.7. The van der Waals surface area contributed by atoms with E-state index in [0.717, 1.165) is 88.8 Å². The van der Waals surface area contributed by atoms with Crippen molar-refractivity contribution in [2.45, 2.75) is 6.92 Å². The summed E-state index contributed by atoms with van der Waals surface area (Å²) in [7, 11) is 0. The van der Waals surface area contributed by atoms with Gasteiger partial charge in [0.15, 0.2) is 11.4 Å². The molecule has 4 heterocycles. The summed E-state index contributed by atoms with van der Waals surface area (Å²) in [5.41, 5.74) is 14.0. The van der Waals surface area contributed by atoms with Gasteiger partial charge < -0.3 is 8.83 Å². The molecule has 0 aliphatic carbocycles. The first kappa shape index (κ1) is 37.6. The summed E-state index contributed by atoms with van der Waals surface area (Å²) >= 11 is 1.84. The number of allylic oxidation sites excluding steroid dienone is 2. The van der Waals surface area contributed by atoms with Gasteiger partial charge in [0.05, 0.1) is 17.0 Å². The van der Waals surface area contributed by atoms with Gasteiger partial charge >= 0.3 is 0 Å². The molecule has 0 N–H and O–H groups in total. The SMILES string of the molecule is C=C(N=C(/C=C(\C)c1cccc2oc3c(-c4nc(-c5ccccc5)c5oc6ccccc6c5n4)cccc3c12)c1cccc(-c2cccc3c2sc2ccccc23)c1)c1ccccc1. The van der Waals surface area contributed by atoms with Crippen molar-refractivity contribution in [2.75, 3.05) is 0 Å². The van der Waals surface area contributed by atoms with E-state index in [0.29, 0.717) is 17.1 Å². The van der Waals surface area contributed by atoms with Crippen molar-refractivity contribution in [1.29, 1.82) is 0 Å². The summed E-state index contributed by atoms with van der Waals surface area (Å²) in [5, 5.41) is 5.48. The molecule has 0 bridgehead atoms. The van der Waals surface area contributed by atoms with Gasteiger partial charge in [-0.25, -0.2) is 15.0 Å². The van der Waals surface area contributed by atoms with Gasteiger partial charge in [-0.1, -0.05) is 158 Å². The molecule has 6 heteroatoms. The van der Waals surface area contributed by atoms with E-state index in [1.807, 2.05) is 96.3 Å². The van der Waals surface area contributed by atoms with Crippen LogP contribution in [0.25, 0.3) is 109 Å². The molecule has 5 nitrogen and oxygen atoms in total. The average molecular weight is 840 g/mol. The van der Waals surface area contributed by atoms with Crippen LogP contribution in [0.3, 0.4) is 0 Å². The molecule has 0 fully saturated rings. The molecule has 12 aromatic rings. The van der Waals surface area contributed by atoms with Crippen LogP contribution in [0.15, 0.2) is 215 Å². The molecular weight excluding hydrogens is 803 g/mol. The van der Waals surface area contributed by atoms with Gasteiger partial charge in [0.2, 0.25) is 0 Å². The van der Waals surface area contributed by atoms with Crippen molar-refractivity contribution < 1.29 is 8.83 Å². The van der Waals surface area contributed by atoms with E-state index in [9.17, 15) is 0 Å². The maximum absolute atomic E-state index is 6.82. The van der Waals surface area contributed by atoms with Crippen LogP contribution in [-0.2, 0) is 0 Å². The first-order valence-electron chi connectivity index (χ1n) is 21.3. The highest BCUT2D eigenvalue weighted by atomic mass is 32.1. The summed E-state index contributed by atoms with van der Waals surface area (Å²) in [4.78, 5) is 15.7. The molecule has 0 aliphatic rings. The topological polar surface area (TPSA) is 64.4 Å². The fourth-order valence-corrected chi connectivity index (χ4v) is 10.2. The maximum Gasteiger partial charge on any atom is 0.180 e. The number of hydrogen-bond donors (Lipinski definition) is 0. The van der Waals surface area contributed by atoms with E-state index in [1.165, 1.54) is 25.7 Å². The lowest BCUT2D eigenvalue weighted by Crippen LogP contribution is -2.00. The van der Waals surface area contributed by atoms with Crippen LogP contribution in [0.5, 0.6) is 0 Å². The lowest BCUT2D eigenvalue weighted by Gasteiger charge is -2.11. The van der Waals surface area contributed by atoms with Crippen molar-refractivity contribution in [3.8, 4) is 33.8 Å². The maximum atomic E-state index is 6.82. The highest BCUT2D eigenvalue weighted by Crippen LogP contribution is 2.42. The van der Waals surface area contributed by atoms with Crippen LogP contribution < -0.4 is 0 Å². The molecule has 12 rings (SSSR count). The first-order chi connectivity index (χ1) is 31.6. The molecule has 0 spiro atoms. The Morgan fingerprint density at radius 2 is 1.20 bits per heavy atom. The van der Waals surface area contributed by atoms with Gasteiger partial charge in [-0.05, 0) is 77.2 Å². The third kappa shape index (κ3) is 6.34. The zero-order valence-electron chi connectivity index (χ0n) is 34.7. The molecule has 64 heavy (non-hydrogen) atoms. The highest BCUT2D eigenvalue weighted by Gasteiger charge is 2.22. The van der Waals surface area contributed by atoms with E-state index in [1.54, 1.807) is 0 Å². The minimum absolute atomic E-state index is 0.566. The second-order valence-electron chi connectivity index (χ2n) is 16.0. The number of furan rings is 2. The second-order valence-corrected chi connectivity index (χ2v) is 17.1. The molecule has 0 saturated heterocycles. The van der Waals surface area contributed by atoms with Crippen LogP contribution >= 0.6 is 11.3 Å². The molecule has 4 aromatic heterocycles. The number of para-hydroxylation sites is 2. The van der Waals surface area contributed by atoms with Crippen molar-refractivity contribution in [2.24, 2.45) is 4.99 Å². The third-order valence-electron chi connectivity index (χ3n) is 12.0. The monoisotopic (exact) mass is 839 g/mol. The molecule has 0 atom stereocenters. The van der Waals surface area contributed by atoms with Gasteiger partial charge in [-0.15, -0.1) is 11.3 Å². The molecule has 0 unspecified atom stereocenters. The van der Waals surface area contributed by atoms with Gasteiger partial charge in [0.1, 0.15) is 28.0 Å². The predicted molar refractivity (Wildman–Crippen MR) is 268 cm³/mol. The lowest BCUT2D eigenvalue weighted by atomic mass is 9.95. The number of rotatable bonds is 8. The zero-order valence-corrected chi connectivity index (χ0v) is 35.6. The number of thiophene rings is 1. The van der Waals surface area contributed by atoms with Crippen LogP contribution in [0, 0.1) is 0 Å². The molecule has 0 radical (unpaired) electrons. The molecule has 0 amide bonds. The fraction of sp³-hybridized carbons (Fsp3) is 0.0172. The Hall–Kier alpha value is -8.19. The van der Waals surface area contributed by atoms with E-state index in [-0.39, 0.29) is 0 Å². The lowest BCUT2D eigenvalue weighted by molar-refractivity contribution is 0.666. The quantitative estimate of drug-likeness (QED) is 0.143. The second kappa shape index (κ2) is 15.3. The molecule has 0 aliphatic heterocycles. The third-order valence-corrected chi connectivity index (χ3v) is 13.3. The normalized spacial score (nSPS) is 12.4. The van der Waals surface area contributed by atoms with E-state index in [2.05, 4.69) is 123 Å². The first-order valence-corrected chi connectivity index (χ1v) is 22.1. The standard InChI is InChI=1S/C58H37N3O2S/c1-35(33-48(59-36(2)37-17-5-3-6-18-37)40-22-13-21-39(34-40)42-26-14-27-44-43-23-10-12-32-51(43)64-57(42)44)41-25-16-31-50-52(41)46-28-15-29-47(55(46)63-50)58-60-53(38-19-7-4-8-20-38)56-54(61-58)45-24-9-11-30-49(45)62-56/h3-34H,2H2,1H3/b35-33+,59-48?. The van der Waals surface area contributed by atoms with E-state index in [4.69, 9.17) is 23.8 Å². The Morgan fingerprint density at radius 3 is 2.06 bits per heavy atom. The number of aliphatic imine (C=N–C) groups is 1. The largest absolute Gasteiger partial charge is 0.455 e. The number of benzene rings is 8. The van der Waals surface area contributed by atoms with Crippen molar-refractivity contribution in [3.63, 3.8) is 0 Å². The zero-order chi connectivity index (χ0) is 42.7. The Labute approximate surface area is 372 Å². The minimum atomic E-state index is 0.566. The van der Waals surface area contributed by atoms with Crippen LogP contribution in [-0.4, -0.2) is 15.7 Å². The Bertz CT molecular complexity index is 3870. The van der Waals surface area contributed by atoms with Crippen molar-refractivity contribution >= 4 is 92.5 Å². The summed E-state index contributed by atoms with van der Waals surface area (Å²) < 4.78 is 15.8. The van der Waals surface area contributed by atoms with Crippen molar-refractivity contribution in [1.82, 2.24) is 9.97 Å². The number of aromatic nitrogens is 2. The van der Waals surface area contributed by atoms with E-state index >= 15 is 0 Å². The Balaban J connectivity index is 1.01. The predicted octanol–water partition coefficient (Wildman–Crippen LogP) is 16.2. The fourth-order valence-electron chi connectivity index (χ4n) is 8.98. The highest BCUT2D eigenvalue weighted by molar-refractivity contribution is 7.26. The van der Waals surface area contributed by atoms with Crippen LogP contribution in [0.2, 0.25) is 0 Å². The summed E-state index contributed by atoms with van der Waals surface area (Å²) in [6.07, 6.45) is 2.18. The summed E-state index contributed by atoms with van der Waals surface area (Å²) in [5.74, 6) is 0.566.